The van der Waals surface area contributed by atoms with Crippen LogP contribution in [0, 0.1) is 23.6 Å². The average Bonchev–Trinajstić information content (AvgIpc) is 3.83. The van der Waals surface area contributed by atoms with Crippen molar-refractivity contribution in [2.45, 2.75) is 64.0 Å². The van der Waals surface area contributed by atoms with Crippen LogP contribution in [0.5, 0.6) is 0 Å². The highest BCUT2D eigenvalue weighted by atomic mass is 19.3. The van der Waals surface area contributed by atoms with Gasteiger partial charge in [0.15, 0.2) is 0 Å². The predicted molar refractivity (Wildman–Crippen MR) is 137 cm³/mol. The van der Waals surface area contributed by atoms with Gasteiger partial charge in [-0.2, -0.15) is 5.10 Å². The number of aromatic nitrogens is 2. The number of halogens is 3. The number of benzene rings is 1. The Labute approximate surface area is 224 Å². The number of alkyl halides is 2. The molecule has 212 valence electrons. The van der Waals surface area contributed by atoms with Gasteiger partial charge in [0.2, 0.25) is 11.8 Å². The maximum absolute atomic E-state index is 14.9. The lowest BCUT2D eigenvalue weighted by molar-refractivity contribution is -0.123. The van der Waals surface area contributed by atoms with Crippen molar-refractivity contribution in [3.05, 3.63) is 47.5 Å². The zero-order valence-electron chi connectivity index (χ0n) is 21.9. The molecule has 0 spiro atoms. The third kappa shape index (κ3) is 7.37. The molecule has 0 saturated heterocycles. The number of aliphatic hydroxyl groups excluding tert-OH is 1. The lowest BCUT2D eigenvalue weighted by Crippen LogP contribution is -2.50. The molecule has 2 aromatic rings. The zero-order chi connectivity index (χ0) is 28.3. The van der Waals surface area contributed by atoms with Gasteiger partial charge in [-0.3, -0.25) is 19.1 Å². The highest BCUT2D eigenvalue weighted by Gasteiger charge is 2.48. The first-order valence-electron chi connectivity index (χ1n) is 13.2. The van der Waals surface area contributed by atoms with Crippen LogP contribution in [0.25, 0.3) is 0 Å². The second kappa shape index (κ2) is 11.8. The van der Waals surface area contributed by atoms with E-state index in [4.69, 9.17) is 5.11 Å². The van der Waals surface area contributed by atoms with Gasteiger partial charge in [-0.1, -0.05) is 6.07 Å². The second-order valence-corrected chi connectivity index (χ2v) is 10.7. The number of carbonyl (C=O) groups is 3. The van der Waals surface area contributed by atoms with E-state index < -0.39 is 48.7 Å². The summed E-state index contributed by atoms with van der Waals surface area (Å²) >= 11 is 0. The van der Waals surface area contributed by atoms with E-state index in [1.54, 1.807) is 10.7 Å². The zero-order valence-corrected chi connectivity index (χ0v) is 21.9. The van der Waals surface area contributed by atoms with Gasteiger partial charge in [0.25, 0.3) is 11.8 Å². The molecule has 39 heavy (non-hydrogen) atoms. The molecule has 2 fully saturated rings. The lowest BCUT2D eigenvalue weighted by atomic mass is 9.88. The fraction of sp³-hybridized carbons (Fsp3) is 0.556. The fourth-order valence-electron chi connectivity index (χ4n) is 4.86. The van der Waals surface area contributed by atoms with Gasteiger partial charge in [-0.25, -0.2) is 13.2 Å². The Morgan fingerprint density at radius 1 is 1.13 bits per heavy atom. The molecule has 12 heteroatoms. The quantitative estimate of drug-likeness (QED) is 0.306. The van der Waals surface area contributed by atoms with Crippen LogP contribution in [0.3, 0.4) is 0 Å². The van der Waals surface area contributed by atoms with Crippen LogP contribution in [-0.2, 0) is 16.0 Å². The van der Waals surface area contributed by atoms with Crippen molar-refractivity contribution in [2.24, 2.45) is 17.8 Å². The van der Waals surface area contributed by atoms with E-state index in [0.29, 0.717) is 17.5 Å². The maximum atomic E-state index is 14.9. The summed E-state index contributed by atoms with van der Waals surface area (Å²) in [6.45, 7) is 1.35. The van der Waals surface area contributed by atoms with Crippen LogP contribution >= 0.6 is 0 Å². The molecule has 3 amide bonds. The Hall–Kier alpha value is -3.41. The molecule has 0 aliphatic heterocycles. The normalized spacial score (nSPS) is 16.3. The summed E-state index contributed by atoms with van der Waals surface area (Å²) in [5, 5.41) is 20.3. The van der Waals surface area contributed by atoms with Crippen molar-refractivity contribution in [1.82, 2.24) is 20.4 Å². The Kier molecular flexibility index (Phi) is 8.63. The van der Waals surface area contributed by atoms with Crippen LogP contribution in [0.2, 0.25) is 0 Å². The van der Waals surface area contributed by atoms with Crippen molar-refractivity contribution in [1.29, 1.82) is 0 Å². The van der Waals surface area contributed by atoms with Gasteiger partial charge in [0, 0.05) is 12.2 Å². The second-order valence-electron chi connectivity index (χ2n) is 10.7. The van der Waals surface area contributed by atoms with Gasteiger partial charge in [-0.05, 0) is 81.0 Å². The molecule has 9 nitrogen and oxygen atoms in total. The van der Waals surface area contributed by atoms with Gasteiger partial charge >= 0.3 is 0 Å². The van der Waals surface area contributed by atoms with Crippen LogP contribution < -0.4 is 16.0 Å². The van der Waals surface area contributed by atoms with Crippen molar-refractivity contribution < 1.29 is 32.7 Å². The summed E-state index contributed by atoms with van der Waals surface area (Å²) in [5.41, 5.74) is 0.433. The van der Waals surface area contributed by atoms with Crippen molar-refractivity contribution in [3.8, 4) is 0 Å². The summed E-state index contributed by atoms with van der Waals surface area (Å²) in [5.74, 6) is -5.41. The fourth-order valence-corrected chi connectivity index (χ4v) is 4.86. The van der Waals surface area contributed by atoms with Crippen molar-refractivity contribution >= 4 is 23.4 Å². The van der Waals surface area contributed by atoms with E-state index in [0.717, 1.165) is 31.7 Å². The number of carbonyl (C=O) groups excluding carboxylic acids is 3. The number of nitrogens with one attached hydrogen (secondary N) is 3. The Morgan fingerprint density at radius 3 is 2.36 bits per heavy atom. The number of hydrogen-bond donors (Lipinski definition) is 4. The van der Waals surface area contributed by atoms with Gasteiger partial charge in [-0.15, -0.1) is 0 Å². The highest BCUT2D eigenvalue weighted by molar-refractivity contribution is 6.01. The first-order valence-corrected chi connectivity index (χ1v) is 13.2. The van der Waals surface area contributed by atoms with Crippen LogP contribution in [-0.4, -0.2) is 57.7 Å². The highest BCUT2D eigenvalue weighted by Crippen LogP contribution is 2.51. The maximum Gasteiger partial charge on any atom is 0.287 e. The smallest absolute Gasteiger partial charge is 0.287 e. The molecule has 0 bridgehead atoms. The minimum atomic E-state index is -3.45. The number of rotatable bonds is 13. The molecule has 4 N–H and O–H groups in total. The number of hydrogen-bond acceptors (Lipinski definition) is 5. The molecule has 1 heterocycles. The molecular weight excluding hydrogens is 515 g/mol. The molecule has 0 radical (unpaired) electrons. The van der Waals surface area contributed by atoms with Gasteiger partial charge in [0.1, 0.15) is 24.2 Å². The SMILES string of the molecule is CC(C)n1nccc1C(=O)NC(C(=O)Nc1ccc(CC(=O)NCC(F)(F)CO)cc1F)C(C1CC1)C1CC1. The molecule has 2 saturated carbocycles. The summed E-state index contributed by atoms with van der Waals surface area (Å²) in [4.78, 5) is 38.7. The number of aliphatic hydroxyl groups is 1. The Morgan fingerprint density at radius 2 is 1.79 bits per heavy atom. The van der Waals surface area contributed by atoms with Crippen LogP contribution in [0.4, 0.5) is 18.9 Å². The third-order valence-electron chi connectivity index (χ3n) is 7.11. The predicted octanol–water partition coefficient (Wildman–Crippen LogP) is 3.06. The number of anilines is 1. The molecule has 1 aromatic carbocycles. The van der Waals surface area contributed by atoms with E-state index in [-0.39, 0.29) is 29.6 Å². The summed E-state index contributed by atoms with van der Waals surface area (Å²) in [7, 11) is 0. The first kappa shape index (κ1) is 28.6. The topological polar surface area (TPSA) is 125 Å². The summed E-state index contributed by atoms with van der Waals surface area (Å²) in [6.07, 6.45) is 5.05. The summed E-state index contributed by atoms with van der Waals surface area (Å²) in [6, 6.07) is 4.42. The van der Waals surface area contributed by atoms with Crippen LogP contribution in [0.1, 0.15) is 61.6 Å². The lowest BCUT2D eigenvalue weighted by Gasteiger charge is -2.28. The minimum absolute atomic E-state index is 0.0588. The molecule has 4 rings (SSSR count). The molecule has 1 aromatic heterocycles. The number of amides is 3. The molecule has 2 aliphatic rings. The minimum Gasteiger partial charge on any atom is -0.390 e. The largest absolute Gasteiger partial charge is 0.390 e. The molecule has 2 aliphatic carbocycles. The van der Waals surface area contributed by atoms with Gasteiger partial charge < -0.3 is 21.1 Å². The third-order valence-corrected chi connectivity index (χ3v) is 7.11. The van der Waals surface area contributed by atoms with Crippen molar-refractivity contribution in [2.75, 3.05) is 18.5 Å². The van der Waals surface area contributed by atoms with Crippen LogP contribution in [0.15, 0.2) is 30.5 Å². The van der Waals surface area contributed by atoms with E-state index in [1.165, 1.54) is 18.3 Å². The monoisotopic (exact) mass is 549 g/mol. The number of nitrogens with zero attached hydrogens (tertiary/aromatic N) is 2. The summed E-state index contributed by atoms with van der Waals surface area (Å²) < 4.78 is 42.8. The molecule has 1 atom stereocenters. The Balaban J connectivity index is 1.46. The van der Waals surface area contributed by atoms with E-state index in [9.17, 15) is 27.6 Å². The van der Waals surface area contributed by atoms with E-state index in [2.05, 4.69) is 15.7 Å². The van der Waals surface area contributed by atoms with Crippen molar-refractivity contribution in [3.63, 3.8) is 0 Å². The van der Waals surface area contributed by atoms with Gasteiger partial charge in [0.05, 0.1) is 18.7 Å². The standard InChI is InChI=1S/C27H34F3N5O4/c1-15(2)35-21(9-10-32-35)25(38)34-24(23(17-4-5-17)18-6-7-18)26(39)33-20-8-3-16(11-19(20)28)12-22(37)31-13-27(29,30)14-36/h3,8-11,15,17-18,23-24,36H,4-7,12-14H2,1-2H3,(H,31,37)(H,33,39)(H,34,38). The molecular formula is C27H34F3N5O4. The average molecular weight is 550 g/mol. The first-order chi connectivity index (χ1) is 18.5. The van der Waals surface area contributed by atoms with E-state index >= 15 is 0 Å². The van der Waals surface area contributed by atoms with E-state index in [1.807, 2.05) is 19.2 Å². The Bertz CT molecular complexity index is 1200. The molecule has 1 unspecified atom stereocenters.